The molecule has 0 fully saturated rings. The number of H-pyrrole nitrogens is 1. The number of hydrogen-bond acceptors (Lipinski definition) is 3. The molecule has 12 heavy (non-hydrogen) atoms. The predicted octanol–water partition coefficient (Wildman–Crippen LogP) is 0.924. The van der Waals surface area contributed by atoms with Crippen molar-refractivity contribution in [2.45, 2.75) is 0 Å². The smallest absolute Gasteiger partial charge is 0.355 e. The number of pyridine rings is 1. The van der Waals surface area contributed by atoms with Gasteiger partial charge >= 0.3 is 5.97 Å². The molecule has 0 radical (unpaired) electrons. The summed E-state index contributed by atoms with van der Waals surface area (Å²) in [7, 11) is 1.25. The number of aromatic amines is 1. The topological polar surface area (TPSA) is 59.2 Å². The highest BCUT2D eigenvalue weighted by atomic mass is 79.9. The van der Waals surface area contributed by atoms with Gasteiger partial charge in [-0.2, -0.15) is 0 Å². The van der Waals surface area contributed by atoms with E-state index >= 15 is 0 Å². The largest absolute Gasteiger partial charge is 0.464 e. The number of nitrogens with one attached hydrogen (secondary N) is 1. The molecule has 0 spiro atoms. The van der Waals surface area contributed by atoms with Gasteiger partial charge in [0, 0.05) is 10.5 Å². The van der Waals surface area contributed by atoms with Crippen LogP contribution in [0.2, 0.25) is 0 Å². The van der Waals surface area contributed by atoms with Crippen molar-refractivity contribution in [2.24, 2.45) is 0 Å². The van der Waals surface area contributed by atoms with E-state index < -0.39 is 5.97 Å². The molecule has 5 heteroatoms. The lowest BCUT2D eigenvalue weighted by molar-refractivity contribution is 0.0592. The van der Waals surface area contributed by atoms with Crippen LogP contribution < -0.4 is 5.56 Å². The zero-order valence-electron chi connectivity index (χ0n) is 6.26. The Balaban J connectivity index is 3.22. The molecular weight excluding hydrogens is 226 g/mol. The van der Waals surface area contributed by atoms with Gasteiger partial charge in [-0.05, 0) is 22.0 Å². The first kappa shape index (κ1) is 8.99. The Bertz CT molecular complexity index is 358. The zero-order chi connectivity index (χ0) is 9.14. The quantitative estimate of drug-likeness (QED) is 0.732. The van der Waals surface area contributed by atoms with Crippen LogP contribution in [0.4, 0.5) is 0 Å². The first-order valence-electron chi connectivity index (χ1n) is 3.12. The van der Waals surface area contributed by atoms with Crippen LogP contribution in [0.15, 0.2) is 21.4 Å². The minimum atomic E-state index is -0.570. The molecule has 0 atom stereocenters. The Morgan fingerprint density at radius 3 is 2.83 bits per heavy atom. The first-order valence-corrected chi connectivity index (χ1v) is 3.91. The van der Waals surface area contributed by atoms with E-state index in [1.54, 1.807) is 0 Å². The van der Waals surface area contributed by atoms with Gasteiger partial charge in [0.15, 0.2) is 0 Å². The van der Waals surface area contributed by atoms with Crippen LogP contribution in [0.3, 0.4) is 0 Å². The molecule has 0 amide bonds. The highest BCUT2D eigenvalue weighted by molar-refractivity contribution is 9.10. The molecule has 0 aliphatic heterocycles. The summed E-state index contributed by atoms with van der Waals surface area (Å²) >= 11 is 3.10. The van der Waals surface area contributed by atoms with Crippen molar-refractivity contribution in [3.63, 3.8) is 0 Å². The zero-order valence-corrected chi connectivity index (χ0v) is 7.84. The third kappa shape index (κ3) is 1.73. The summed E-state index contributed by atoms with van der Waals surface area (Å²) in [6.07, 6.45) is 0. The predicted molar refractivity (Wildman–Crippen MR) is 46.1 cm³/mol. The number of methoxy groups -OCH3 is 1. The number of hydrogen-bond donors (Lipinski definition) is 1. The fourth-order valence-corrected chi connectivity index (χ4v) is 1.10. The molecule has 0 saturated heterocycles. The van der Waals surface area contributed by atoms with Crippen LogP contribution in [-0.2, 0) is 4.74 Å². The first-order chi connectivity index (χ1) is 5.65. The van der Waals surface area contributed by atoms with Crippen LogP contribution in [-0.4, -0.2) is 18.1 Å². The molecule has 4 nitrogen and oxygen atoms in total. The SMILES string of the molecule is COC(=O)c1[nH]c(=O)ccc1Br. The van der Waals surface area contributed by atoms with Crippen LogP contribution in [0, 0.1) is 0 Å². The summed E-state index contributed by atoms with van der Waals surface area (Å²) in [5, 5.41) is 0. The Hall–Kier alpha value is -1.10. The molecule has 0 saturated carbocycles. The summed E-state index contributed by atoms with van der Waals surface area (Å²) in [6.45, 7) is 0. The molecule has 0 aliphatic carbocycles. The van der Waals surface area contributed by atoms with Gasteiger partial charge in [-0.3, -0.25) is 4.79 Å². The minimum Gasteiger partial charge on any atom is -0.464 e. The monoisotopic (exact) mass is 231 g/mol. The van der Waals surface area contributed by atoms with Gasteiger partial charge in [0.1, 0.15) is 5.69 Å². The van der Waals surface area contributed by atoms with Crippen molar-refractivity contribution in [3.8, 4) is 0 Å². The van der Waals surface area contributed by atoms with E-state index in [0.717, 1.165) is 0 Å². The van der Waals surface area contributed by atoms with Crippen molar-refractivity contribution < 1.29 is 9.53 Å². The Kier molecular flexibility index (Phi) is 2.65. The number of rotatable bonds is 1. The van der Waals surface area contributed by atoms with E-state index in [1.807, 2.05) is 0 Å². The van der Waals surface area contributed by atoms with Gasteiger partial charge in [-0.1, -0.05) is 0 Å². The molecular formula is C7H6BrNO3. The highest BCUT2D eigenvalue weighted by Crippen LogP contribution is 2.11. The Morgan fingerprint density at radius 1 is 1.58 bits per heavy atom. The number of aromatic nitrogens is 1. The average Bonchev–Trinajstić information content (AvgIpc) is 2.08. The minimum absolute atomic E-state index is 0.130. The fraction of sp³-hybridized carbons (Fsp3) is 0.143. The summed E-state index contributed by atoms with van der Waals surface area (Å²) in [4.78, 5) is 24.1. The van der Waals surface area contributed by atoms with Crippen molar-refractivity contribution in [2.75, 3.05) is 7.11 Å². The van der Waals surface area contributed by atoms with Crippen LogP contribution in [0.25, 0.3) is 0 Å². The van der Waals surface area contributed by atoms with Gasteiger partial charge in [0.05, 0.1) is 7.11 Å². The molecule has 1 rings (SSSR count). The van der Waals surface area contributed by atoms with Crippen LogP contribution in [0.1, 0.15) is 10.5 Å². The van der Waals surface area contributed by atoms with Gasteiger partial charge < -0.3 is 9.72 Å². The Labute approximate surface area is 76.7 Å². The number of halogens is 1. The van der Waals surface area contributed by atoms with Crippen molar-refractivity contribution >= 4 is 21.9 Å². The van der Waals surface area contributed by atoms with Gasteiger partial charge in [-0.25, -0.2) is 4.79 Å². The third-order valence-electron chi connectivity index (χ3n) is 1.26. The number of carbonyl (C=O) groups excluding carboxylic acids is 1. The van der Waals surface area contributed by atoms with E-state index in [9.17, 15) is 9.59 Å². The lowest BCUT2D eigenvalue weighted by Gasteiger charge is -1.99. The van der Waals surface area contributed by atoms with Gasteiger partial charge in [-0.15, -0.1) is 0 Å². The maximum Gasteiger partial charge on any atom is 0.355 e. The number of ether oxygens (including phenoxy) is 1. The van der Waals surface area contributed by atoms with E-state index in [4.69, 9.17) is 0 Å². The molecule has 0 aromatic carbocycles. The van der Waals surface area contributed by atoms with E-state index in [0.29, 0.717) is 4.47 Å². The average molecular weight is 232 g/mol. The highest BCUT2D eigenvalue weighted by Gasteiger charge is 2.09. The molecule has 1 aromatic rings. The molecule has 0 bridgehead atoms. The van der Waals surface area contributed by atoms with Crippen LogP contribution >= 0.6 is 15.9 Å². The second-order valence-corrected chi connectivity index (χ2v) is 2.89. The number of carbonyl (C=O) groups is 1. The molecule has 1 aromatic heterocycles. The van der Waals surface area contributed by atoms with Gasteiger partial charge in [0.25, 0.3) is 0 Å². The standard InChI is InChI=1S/C7H6BrNO3/c1-12-7(11)6-4(8)2-3-5(10)9-6/h2-3H,1H3,(H,9,10). The summed E-state index contributed by atoms with van der Waals surface area (Å²) in [6, 6.07) is 2.81. The van der Waals surface area contributed by atoms with Gasteiger partial charge in [0.2, 0.25) is 5.56 Å². The van der Waals surface area contributed by atoms with Crippen molar-refractivity contribution in [1.29, 1.82) is 0 Å². The maximum atomic E-state index is 11.0. The Morgan fingerprint density at radius 2 is 2.25 bits per heavy atom. The molecule has 0 aliphatic rings. The second-order valence-electron chi connectivity index (χ2n) is 2.04. The van der Waals surface area contributed by atoms with E-state index in [2.05, 4.69) is 25.7 Å². The summed E-state index contributed by atoms with van der Waals surface area (Å²) < 4.78 is 4.94. The normalized spacial score (nSPS) is 9.50. The third-order valence-corrected chi connectivity index (χ3v) is 1.92. The summed E-state index contributed by atoms with van der Waals surface area (Å²) in [5.41, 5.74) is -0.205. The molecule has 64 valence electrons. The fourth-order valence-electron chi connectivity index (χ4n) is 0.707. The van der Waals surface area contributed by atoms with Crippen molar-refractivity contribution in [3.05, 3.63) is 32.7 Å². The van der Waals surface area contributed by atoms with E-state index in [1.165, 1.54) is 19.2 Å². The lowest BCUT2D eigenvalue weighted by Crippen LogP contribution is -2.13. The molecule has 1 N–H and O–H groups in total. The second kappa shape index (κ2) is 3.53. The van der Waals surface area contributed by atoms with Crippen LogP contribution in [0.5, 0.6) is 0 Å². The lowest BCUT2D eigenvalue weighted by atomic mass is 10.3. The maximum absolute atomic E-state index is 11.0. The summed E-state index contributed by atoms with van der Waals surface area (Å²) in [5.74, 6) is -0.570. The molecule has 0 unspecified atom stereocenters. The van der Waals surface area contributed by atoms with Crippen molar-refractivity contribution in [1.82, 2.24) is 4.98 Å². The molecule has 1 heterocycles. The number of esters is 1. The van der Waals surface area contributed by atoms with E-state index in [-0.39, 0.29) is 11.3 Å².